The van der Waals surface area contributed by atoms with Gasteiger partial charge in [-0.05, 0) is 32.0 Å². The van der Waals surface area contributed by atoms with Crippen molar-refractivity contribution in [1.82, 2.24) is 0 Å². The van der Waals surface area contributed by atoms with Gasteiger partial charge in [-0.3, -0.25) is 0 Å². The van der Waals surface area contributed by atoms with Crippen LogP contribution >= 0.6 is 0 Å². The van der Waals surface area contributed by atoms with Crippen LogP contribution in [0.2, 0.25) is 0 Å². The van der Waals surface area contributed by atoms with Crippen LogP contribution in [0.4, 0.5) is 10.1 Å². The van der Waals surface area contributed by atoms with Crippen LogP contribution in [-0.2, 0) is 6.54 Å². The molecule has 0 amide bonds. The second kappa shape index (κ2) is 6.76. The highest BCUT2D eigenvalue weighted by atomic mass is 19.1. The van der Waals surface area contributed by atoms with Gasteiger partial charge in [-0.1, -0.05) is 18.2 Å². The number of nitrogens with one attached hydrogen (secondary N) is 1. The summed E-state index contributed by atoms with van der Waals surface area (Å²) in [6, 6.07) is 12.6. The highest BCUT2D eigenvalue weighted by molar-refractivity contribution is 5.56. The van der Waals surface area contributed by atoms with E-state index in [1.165, 1.54) is 6.07 Å². The average Bonchev–Trinajstić information content (AvgIpc) is 2.50. The first-order valence-corrected chi connectivity index (χ1v) is 6.80. The van der Waals surface area contributed by atoms with E-state index in [9.17, 15) is 4.39 Å². The molecule has 0 bridgehead atoms. The summed E-state index contributed by atoms with van der Waals surface area (Å²) in [5.74, 6) is 0.428. The van der Waals surface area contributed by atoms with E-state index in [-0.39, 0.29) is 5.82 Å². The number of para-hydroxylation sites is 1. The van der Waals surface area contributed by atoms with Gasteiger partial charge in [0.2, 0.25) is 0 Å². The Morgan fingerprint density at radius 2 is 2.05 bits per heavy atom. The van der Waals surface area contributed by atoms with Crippen molar-refractivity contribution in [2.24, 2.45) is 0 Å². The maximum absolute atomic E-state index is 13.7. The number of hydrogen-bond donors (Lipinski definition) is 1. The average molecular weight is 284 g/mol. The monoisotopic (exact) mass is 284 g/mol. The first-order chi connectivity index (χ1) is 10.2. The molecule has 0 unspecified atom stereocenters. The van der Waals surface area contributed by atoms with Crippen molar-refractivity contribution in [1.29, 1.82) is 5.26 Å². The zero-order valence-electron chi connectivity index (χ0n) is 12.1. The summed E-state index contributed by atoms with van der Waals surface area (Å²) >= 11 is 0. The van der Waals surface area contributed by atoms with E-state index in [4.69, 9.17) is 10.00 Å². The lowest BCUT2D eigenvalue weighted by atomic mass is 10.1. The largest absolute Gasteiger partial charge is 0.494 e. The zero-order valence-corrected chi connectivity index (χ0v) is 12.1. The minimum Gasteiger partial charge on any atom is -0.494 e. The fourth-order valence-corrected chi connectivity index (χ4v) is 2.06. The number of rotatable bonds is 5. The molecule has 0 saturated heterocycles. The standard InChI is InChI=1S/C17H17FN2O/c1-3-21-17-7-5-4-6-14(17)11-20-16-9-13(10-19)8-15(18)12(16)2/h4-9,20H,3,11H2,1-2H3. The Morgan fingerprint density at radius 3 is 2.76 bits per heavy atom. The molecule has 0 spiro atoms. The first kappa shape index (κ1) is 14.9. The van der Waals surface area contributed by atoms with Crippen molar-refractivity contribution >= 4 is 5.69 Å². The smallest absolute Gasteiger partial charge is 0.129 e. The molecule has 2 aromatic carbocycles. The van der Waals surface area contributed by atoms with Crippen LogP contribution in [0.3, 0.4) is 0 Å². The van der Waals surface area contributed by atoms with E-state index in [0.717, 1.165) is 11.3 Å². The molecule has 108 valence electrons. The summed E-state index contributed by atoms with van der Waals surface area (Å²) in [6.45, 7) is 4.72. The minimum atomic E-state index is -0.380. The van der Waals surface area contributed by atoms with Gasteiger partial charge in [0.1, 0.15) is 11.6 Å². The third-order valence-corrected chi connectivity index (χ3v) is 3.22. The Kier molecular flexibility index (Phi) is 4.78. The normalized spacial score (nSPS) is 10.0. The van der Waals surface area contributed by atoms with E-state index < -0.39 is 0 Å². The Labute approximate surface area is 124 Å². The summed E-state index contributed by atoms with van der Waals surface area (Å²) in [5.41, 5.74) is 2.42. The Balaban J connectivity index is 2.21. The molecule has 4 heteroatoms. The van der Waals surface area contributed by atoms with Crippen LogP contribution in [0.25, 0.3) is 0 Å². The fourth-order valence-electron chi connectivity index (χ4n) is 2.06. The molecule has 3 nitrogen and oxygen atoms in total. The topological polar surface area (TPSA) is 45.0 Å². The fraction of sp³-hybridized carbons (Fsp3) is 0.235. The number of benzene rings is 2. The lowest BCUT2D eigenvalue weighted by molar-refractivity contribution is 0.337. The van der Waals surface area contributed by atoms with Gasteiger partial charge in [-0.25, -0.2) is 4.39 Å². The van der Waals surface area contributed by atoms with E-state index in [2.05, 4.69) is 5.32 Å². The van der Waals surface area contributed by atoms with Gasteiger partial charge < -0.3 is 10.1 Å². The molecule has 0 aromatic heterocycles. The van der Waals surface area contributed by atoms with Gasteiger partial charge in [0.25, 0.3) is 0 Å². The van der Waals surface area contributed by atoms with Crippen LogP contribution in [0.5, 0.6) is 5.75 Å². The van der Waals surface area contributed by atoms with E-state index in [1.54, 1.807) is 13.0 Å². The molecule has 0 fully saturated rings. The van der Waals surface area contributed by atoms with Gasteiger partial charge in [0, 0.05) is 23.4 Å². The molecule has 0 heterocycles. The summed E-state index contributed by atoms with van der Waals surface area (Å²) in [5, 5.41) is 12.1. The van der Waals surface area contributed by atoms with Gasteiger partial charge in [0.15, 0.2) is 0 Å². The summed E-state index contributed by atoms with van der Waals surface area (Å²) in [7, 11) is 0. The number of halogens is 1. The summed E-state index contributed by atoms with van der Waals surface area (Å²) in [6.07, 6.45) is 0. The Hall–Kier alpha value is -2.54. The van der Waals surface area contributed by atoms with E-state index in [1.807, 2.05) is 37.3 Å². The third-order valence-electron chi connectivity index (χ3n) is 3.22. The first-order valence-electron chi connectivity index (χ1n) is 6.80. The zero-order chi connectivity index (χ0) is 15.2. The van der Waals surface area contributed by atoms with Gasteiger partial charge in [-0.2, -0.15) is 5.26 Å². The van der Waals surface area contributed by atoms with Crippen molar-refractivity contribution in [3.05, 3.63) is 58.9 Å². The lowest BCUT2D eigenvalue weighted by Gasteiger charge is -2.13. The van der Waals surface area contributed by atoms with Crippen LogP contribution in [0.1, 0.15) is 23.6 Å². The SMILES string of the molecule is CCOc1ccccc1CNc1cc(C#N)cc(F)c1C. The molecule has 0 aliphatic heterocycles. The van der Waals surface area contributed by atoms with Crippen LogP contribution in [-0.4, -0.2) is 6.61 Å². The van der Waals surface area contributed by atoms with Crippen molar-refractivity contribution < 1.29 is 9.13 Å². The summed E-state index contributed by atoms with van der Waals surface area (Å²) in [4.78, 5) is 0. The molecular weight excluding hydrogens is 267 g/mol. The number of hydrogen-bond acceptors (Lipinski definition) is 3. The molecular formula is C17H17FN2O. The number of nitrogens with zero attached hydrogens (tertiary/aromatic N) is 1. The van der Waals surface area contributed by atoms with Crippen molar-refractivity contribution in [3.63, 3.8) is 0 Å². The quantitative estimate of drug-likeness (QED) is 0.902. The van der Waals surface area contributed by atoms with Gasteiger partial charge in [0.05, 0.1) is 18.2 Å². The molecule has 2 aromatic rings. The minimum absolute atomic E-state index is 0.304. The van der Waals surface area contributed by atoms with Gasteiger partial charge in [-0.15, -0.1) is 0 Å². The molecule has 1 N–H and O–H groups in total. The second-order valence-electron chi connectivity index (χ2n) is 4.64. The maximum atomic E-state index is 13.7. The molecule has 0 radical (unpaired) electrons. The molecule has 2 rings (SSSR count). The van der Waals surface area contributed by atoms with Crippen LogP contribution in [0.15, 0.2) is 36.4 Å². The second-order valence-corrected chi connectivity index (χ2v) is 4.64. The Morgan fingerprint density at radius 1 is 1.29 bits per heavy atom. The molecule has 0 aliphatic rings. The third kappa shape index (κ3) is 3.51. The number of anilines is 1. The van der Waals surface area contributed by atoms with Crippen molar-refractivity contribution in [3.8, 4) is 11.8 Å². The molecule has 0 saturated carbocycles. The predicted molar refractivity (Wildman–Crippen MR) is 80.8 cm³/mol. The maximum Gasteiger partial charge on any atom is 0.129 e. The van der Waals surface area contributed by atoms with Crippen LogP contribution < -0.4 is 10.1 Å². The van der Waals surface area contributed by atoms with Crippen molar-refractivity contribution in [2.45, 2.75) is 20.4 Å². The highest BCUT2D eigenvalue weighted by Crippen LogP contribution is 2.23. The molecule has 21 heavy (non-hydrogen) atoms. The van der Waals surface area contributed by atoms with Gasteiger partial charge >= 0.3 is 0 Å². The predicted octanol–water partition coefficient (Wildman–Crippen LogP) is 4.02. The van der Waals surface area contributed by atoms with E-state index >= 15 is 0 Å². The lowest BCUT2D eigenvalue weighted by Crippen LogP contribution is -2.05. The summed E-state index contributed by atoms with van der Waals surface area (Å²) < 4.78 is 19.3. The molecule has 0 aliphatic carbocycles. The van der Waals surface area contributed by atoms with Crippen LogP contribution in [0, 0.1) is 24.1 Å². The number of ether oxygens (including phenoxy) is 1. The van der Waals surface area contributed by atoms with E-state index in [0.29, 0.717) is 30.0 Å². The number of nitriles is 1. The highest BCUT2D eigenvalue weighted by Gasteiger charge is 2.08. The molecule has 0 atom stereocenters. The van der Waals surface area contributed by atoms with Crippen molar-refractivity contribution in [2.75, 3.05) is 11.9 Å². The Bertz CT molecular complexity index is 677.